The fourth-order valence-electron chi connectivity index (χ4n) is 1.55. The van der Waals surface area contributed by atoms with Crippen LogP contribution < -0.4 is 5.32 Å². The molecule has 0 saturated carbocycles. The molecule has 0 spiro atoms. The molecule has 1 aliphatic rings. The van der Waals surface area contributed by atoms with Crippen LogP contribution >= 0.6 is 0 Å². The first-order valence-electron chi connectivity index (χ1n) is 4.58. The Morgan fingerprint density at radius 1 is 1.27 bits per heavy atom. The number of halogens is 4. The van der Waals surface area contributed by atoms with Crippen molar-refractivity contribution >= 4 is 0 Å². The molecular weight excluding hydrogens is 210 g/mol. The van der Waals surface area contributed by atoms with Crippen molar-refractivity contribution in [2.24, 2.45) is 0 Å². The summed E-state index contributed by atoms with van der Waals surface area (Å²) in [5.74, 6) is -1.20. The summed E-state index contributed by atoms with van der Waals surface area (Å²) in [4.78, 5) is 0. The maximum atomic E-state index is 13.1. The van der Waals surface area contributed by atoms with Gasteiger partial charge in [0.05, 0.1) is 5.56 Å². The van der Waals surface area contributed by atoms with E-state index in [1.165, 1.54) is 6.07 Å². The van der Waals surface area contributed by atoms with Crippen molar-refractivity contribution < 1.29 is 17.6 Å². The van der Waals surface area contributed by atoms with Crippen molar-refractivity contribution in [1.82, 2.24) is 5.32 Å². The molecule has 0 radical (unpaired) electrons. The fraction of sp³-hybridized carbons (Fsp3) is 0.400. The Hall–Kier alpha value is -1.10. The molecule has 0 aromatic heterocycles. The van der Waals surface area contributed by atoms with Gasteiger partial charge in [-0.2, -0.15) is 13.2 Å². The minimum absolute atomic E-state index is 0.00165. The van der Waals surface area contributed by atoms with E-state index in [1.807, 2.05) is 0 Å². The average molecular weight is 219 g/mol. The fourth-order valence-corrected chi connectivity index (χ4v) is 1.55. The van der Waals surface area contributed by atoms with Crippen molar-refractivity contribution in [1.29, 1.82) is 0 Å². The van der Waals surface area contributed by atoms with Crippen LogP contribution in [0.4, 0.5) is 17.6 Å². The van der Waals surface area contributed by atoms with Crippen LogP contribution in [0.1, 0.15) is 23.6 Å². The summed E-state index contributed by atoms with van der Waals surface area (Å²) >= 11 is 0. The van der Waals surface area contributed by atoms with Gasteiger partial charge in [-0.1, -0.05) is 6.07 Å². The van der Waals surface area contributed by atoms with E-state index in [0.717, 1.165) is 25.1 Å². The highest BCUT2D eigenvalue weighted by Gasteiger charge is 2.34. The van der Waals surface area contributed by atoms with E-state index in [4.69, 9.17) is 0 Å². The molecule has 0 aliphatic carbocycles. The summed E-state index contributed by atoms with van der Waals surface area (Å²) in [6, 6.07) is 3.08. The normalized spacial score (nSPS) is 21.2. The predicted molar refractivity (Wildman–Crippen MR) is 46.8 cm³/mol. The Morgan fingerprint density at radius 3 is 2.33 bits per heavy atom. The molecule has 1 aromatic carbocycles. The minimum Gasteiger partial charge on any atom is -0.310 e. The summed E-state index contributed by atoms with van der Waals surface area (Å²) in [5, 5.41) is 3.00. The summed E-state index contributed by atoms with van der Waals surface area (Å²) in [6.45, 7) is 0.827. The summed E-state index contributed by atoms with van der Waals surface area (Å²) < 4.78 is 49.8. The maximum absolute atomic E-state index is 13.1. The van der Waals surface area contributed by atoms with Crippen molar-refractivity contribution in [3.8, 4) is 0 Å². The van der Waals surface area contributed by atoms with Gasteiger partial charge >= 0.3 is 6.18 Å². The van der Waals surface area contributed by atoms with E-state index >= 15 is 0 Å². The Labute approximate surface area is 84.1 Å². The van der Waals surface area contributed by atoms with Gasteiger partial charge in [0.2, 0.25) is 0 Å². The molecule has 1 saturated heterocycles. The molecular formula is C10H9F4N. The van der Waals surface area contributed by atoms with Gasteiger partial charge in [-0.15, -0.1) is 0 Å². The number of hydrogen-bond acceptors (Lipinski definition) is 1. The van der Waals surface area contributed by atoms with Crippen molar-refractivity contribution in [2.45, 2.75) is 18.6 Å². The van der Waals surface area contributed by atoms with Gasteiger partial charge in [0, 0.05) is 6.04 Å². The SMILES string of the molecule is Fc1cc([C@H]2CCN2)ccc1C(F)(F)F. The molecule has 0 amide bonds. The van der Waals surface area contributed by atoms with Crippen molar-refractivity contribution in [3.63, 3.8) is 0 Å². The van der Waals surface area contributed by atoms with E-state index < -0.39 is 17.6 Å². The molecule has 82 valence electrons. The average Bonchev–Trinajstić information content (AvgIpc) is 1.97. The van der Waals surface area contributed by atoms with Crippen LogP contribution in [0.2, 0.25) is 0 Å². The zero-order valence-corrected chi connectivity index (χ0v) is 7.74. The van der Waals surface area contributed by atoms with E-state index in [9.17, 15) is 17.6 Å². The lowest BCUT2D eigenvalue weighted by Gasteiger charge is -2.28. The number of alkyl halides is 3. The quantitative estimate of drug-likeness (QED) is 0.716. The van der Waals surface area contributed by atoms with Crippen LogP contribution in [0, 0.1) is 5.82 Å². The van der Waals surface area contributed by atoms with Crippen LogP contribution in [0.15, 0.2) is 18.2 Å². The molecule has 1 aromatic rings. The highest BCUT2D eigenvalue weighted by Crippen LogP contribution is 2.33. The molecule has 5 heteroatoms. The van der Waals surface area contributed by atoms with Crippen molar-refractivity contribution in [3.05, 3.63) is 35.1 Å². The zero-order chi connectivity index (χ0) is 11.1. The highest BCUT2D eigenvalue weighted by atomic mass is 19.4. The van der Waals surface area contributed by atoms with Gasteiger partial charge in [-0.3, -0.25) is 0 Å². The number of rotatable bonds is 1. The lowest BCUT2D eigenvalue weighted by Crippen LogP contribution is -2.35. The van der Waals surface area contributed by atoms with Crippen molar-refractivity contribution in [2.75, 3.05) is 6.54 Å². The summed E-state index contributed by atoms with van der Waals surface area (Å²) in [6.07, 6.45) is -3.78. The second-order valence-electron chi connectivity index (χ2n) is 3.53. The van der Waals surface area contributed by atoms with E-state index in [2.05, 4.69) is 5.32 Å². The van der Waals surface area contributed by atoms with Gasteiger partial charge in [-0.05, 0) is 30.7 Å². The van der Waals surface area contributed by atoms with Crippen LogP contribution in [0.3, 0.4) is 0 Å². The second kappa shape index (κ2) is 3.48. The Kier molecular flexibility index (Phi) is 2.42. The molecule has 1 atom stereocenters. The van der Waals surface area contributed by atoms with Gasteiger partial charge in [-0.25, -0.2) is 4.39 Å². The third-order valence-electron chi connectivity index (χ3n) is 2.52. The van der Waals surface area contributed by atoms with Crippen LogP contribution in [-0.4, -0.2) is 6.54 Å². The summed E-state index contributed by atoms with van der Waals surface area (Å²) in [5.41, 5.74) is -0.627. The third-order valence-corrected chi connectivity index (χ3v) is 2.52. The smallest absolute Gasteiger partial charge is 0.310 e. The number of benzene rings is 1. The van der Waals surface area contributed by atoms with E-state index in [0.29, 0.717) is 5.56 Å². The van der Waals surface area contributed by atoms with E-state index in [1.54, 1.807) is 0 Å². The highest BCUT2D eigenvalue weighted by molar-refractivity contribution is 5.29. The minimum atomic E-state index is -4.62. The van der Waals surface area contributed by atoms with Gasteiger partial charge in [0.1, 0.15) is 5.82 Å². The molecule has 2 rings (SSSR count). The second-order valence-corrected chi connectivity index (χ2v) is 3.53. The molecule has 0 bridgehead atoms. The first-order valence-corrected chi connectivity index (χ1v) is 4.58. The number of nitrogens with one attached hydrogen (secondary N) is 1. The zero-order valence-electron chi connectivity index (χ0n) is 7.74. The molecule has 1 fully saturated rings. The molecule has 1 aliphatic heterocycles. The lowest BCUT2D eigenvalue weighted by atomic mass is 9.97. The van der Waals surface area contributed by atoms with E-state index in [-0.39, 0.29) is 6.04 Å². The third kappa shape index (κ3) is 1.97. The van der Waals surface area contributed by atoms with Crippen LogP contribution in [0.5, 0.6) is 0 Å². The molecule has 15 heavy (non-hydrogen) atoms. The molecule has 1 nitrogen and oxygen atoms in total. The summed E-state index contributed by atoms with van der Waals surface area (Å²) in [7, 11) is 0. The standard InChI is InChI=1S/C10H9F4N/c11-8-5-6(9-3-4-15-9)1-2-7(8)10(12,13)14/h1-2,5,9,15H,3-4H2/t9-/m1/s1. The van der Waals surface area contributed by atoms with Gasteiger partial charge in [0.15, 0.2) is 0 Å². The first-order chi connectivity index (χ1) is 6.98. The lowest BCUT2D eigenvalue weighted by molar-refractivity contribution is -0.140. The Balaban J connectivity index is 2.30. The Bertz CT molecular complexity index is 368. The molecule has 0 unspecified atom stereocenters. The molecule has 1 N–H and O–H groups in total. The Morgan fingerprint density at radius 2 is 1.93 bits per heavy atom. The largest absolute Gasteiger partial charge is 0.419 e. The van der Waals surface area contributed by atoms with Crippen LogP contribution in [-0.2, 0) is 6.18 Å². The monoisotopic (exact) mass is 219 g/mol. The molecule has 1 heterocycles. The van der Waals surface area contributed by atoms with Gasteiger partial charge < -0.3 is 5.32 Å². The topological polar surface area (TPSA) is 12.0 Å². The number of hydrogen-bond donors (Lipinski definition) is 1. The first kappa shape index (κ1) is 10.4. The van der Waals surface area contributed by atoms with Crippen LogP contribution in [0.25, 0.3) is 0 Å². The maximum Gasteiger partial charge on any atom is 0.419 e. The van der Waals surface area contributed by atoms with Gasteiger partial charge in [0.25, 0.3) is 0 Å². The predicted octanol–water partition coefficient (Wildman–Crippen LogP) is 2.88.